The minimum absolute atomic E-state index is 0.164. The summed E-state index contributed by atoms with van der Waals surface area (Å²) in [5.41, 5.74) is 2.80. The third-order valence-electron chi connectivity index (χ3n) is 5.48. The fourth-order valence-electron chi connectivity index (χ4n) is 4.83. The van der Waals surface area contributed by atoms with Crippen molar-refractivity contribution in [3.8, 4) is 11.5 Å². The number of allylic oxidation sites excluding steroid dienone is 1. The highest BCUT2D eigenvalue weighted by atomic mass is 16.5. The fraction of sp³-hybridized carbons (Fsp3) is 0.500. The van der Waals surface area contributed by atoms with Crippen LogP contribution in [0.2, 0.25) is 0 Å². The van der Waals surface area contributed by atoms with E-state index in [4.69, 9.17) is 9.47 Å². The Morgan fingerprint density at radius 1 is 1.10 bits per heavy atom. The summed E-state index contributed by atoms with van der Waals surface area (Å²) in [4.78, 5) is 12.6. The average Bonchev–Trinajstić information content (AvgIpc) is 2.99. The van der Waals surface area contributed by atoms with Crippen LogP contribution < -0.4 is 9.47 Å². The number of ketones is 1. The molecule has 1 fully saturated rings. The summed E-state index contributed by atoms with van der Waals surface area (Å²) >= 11 is 0. The summed E-state index contributed by atoms with van der Waals surface area (Å²) in [5, 5.41) is 0. The lowest BCUT2D eigenvalue weighted by atomic mass is 9.68. The second-order valence-corrected chi connectivity index (χ2v) is 6.19. The van der Waals surface area contributed by atoms with Crippen molar-refractivity contribution >= 4 is 5.78 Å². The van der Waals surface area contributed by atoms with E-state index in [0.29, 0.717) is 0 Å². The van der Waals surface area contributed by atoms with Crippen molar-refractivity contribution in [1.29, 1.82) is 0 Å². The van der Waals surface area contributed by atoms with E-state index in [0.717, 1.165) is 41.0 Å². The first kappa shape index (κ1) is 14.2. The zero-order chi connectivity index (χ0) is 15.4. The Kier molecular flexibility index (Phi) is 3.12. The molecule has 0 saturated heterocycles. The number of carbonyl (C=O) groups is 1. The van der Waals surface area contributed by atoms with E-state index in [1.807, 2.05) is 19.1 Å². The van der Waals surface area contributed by atoms with Crippen LogP contribution in [0.5, 0.6) is 11.5 Å². The van der Waals surface area contributed by atoms with Crippen LogP contribution in [0.3, 0.4) is 0 Å². The van der Waals surface area contributed by atoms with E-state index in [1.165, 1.54) is 0 Å². The predicted octanol–water partition coefficient (Wildman–Crippen LogP) is 3.83. The molecule has 0 spiro atoms. The van der Waals surface area contributed by atoms with Crippen molar-refractivity contribution in [2.75, 3.05) is 14.2 Å². The third kappa shape index (κ3) is 1.52. The van der Waals surface area contributed by atoms with Crippen LogP contribution >= 0.6 is 0 Å². The van der Waals surface area contributed by atoms with E-state index in [-0.39, 0.29) is 17.6 Å². The molecule has 2 aliphatic carbocycles. The van der Waals surface area contributed by atoms with Gasteiger partial charge >= 0.3 is 0 Å². The molecule has 0 aromatic heterocycles. The lowest BCUT2D eigenvalue weighted by Gasteiger charge is -2.33. The van der Waals surface area contributed by atoms with Gasteiger partial charge in [0.05, 0.1) is 19.6 Å². The molecule has 3 nitrogen and oxygen atoms in total. The number of carbonyl (C=O) groups excluding carboxylic acids is 1. The highest BCUT2D eigenvalue weighted by molar-refractivity contribution is 5.91. The van der Waals surface area contributed by atoms with Gasteiger partial charge in [0, 0.05) is 23.0 Å². The van der Waals surface area contributed by atoms with Crippen molar-refractivity contribution in [3.63, 3.8) is 0 Å². The molecule has 0 amide bonds. The molecule has 3 rings (SSSR count). The van der Waals surface area contributed by atoms with Crippen LogP contribution in [0, 0.1) is 5.41 Å². The highest BCUT2D eigenvalue weighted by Gasteiger charge is 2.62. The number of ether oxygens (including phenoxy) is 2. The minimum atomic E-state index is -0.482. The monoisotopic (exact) mass is 286 g/mol. The van der Waals surface area contributed by atoms with Crippen LogP contribution in [0.4, 0.5) is 0 Å². The number of methoxy groups -OCH3 is 2. The Bertz CT molecular complexity index is 575. The van der Waals surface area contributed by atoms with E-state index >= 15 is 0 Å². The van der Waals surface area contributed by atoms with Crippen molar-refractivity contribution in [2.24, 2.45) is 5.41 Å². The zero-order valence-corrected chi connectivity index (χ0v) is 13.2. The van der Waals surface area contributed by atoms with E-state index in [2.05, 4.69) is 6.58 Å². The molecule has 0 aliphatic heterocycles. The Hall–Kier alpha value is -1.77. The maximum absolute atomic E-state index is 12.6. The van der Waals surface area contributed by atoms with Crippen molar-refractivity contribution in [2.45, 2.75) is 38.5 Å². The summed E-state index contributed by atoms with van der Waals surface area (Å²) in [6, 6.07) is 3.89. The molecule has 21 heavy (non-hydrogen) atoms. The van der Waals surface area contributed by atoms with Crippen molar-refractivity contribution < 1.29 is 14.3 Å². The number of rotatable bonds is 4. The standard InChI is InChI=1S/C18H22O3/c1-10(2)18(11(3)19)12-6-7-13(18)17-15(21-5)9-8-14(20-4)16(12)17/h8-9,12-13H,1,6-7H2,2-5H3/t12-,13-/m1/s1. The van der Waals surface area contributed by atoms with Gasteiger partial charge in [0.1, 0.15) is 17.3 Å². The fourth-order valence-corrected chi connectivity index (χ4v) is 4.83. The molecule has 2 aliphatic rings. The van der Waals surface area contributed by atoms with Gasteiger partial charge in [-0.15, -0.1) is 0 Å². The van der Waals surface area contributed by atoms with Gasteiger partial charge in [-0.05, 0) is 38.8 Å². The highest BCUT2D eigenvalue weighted by Crippen LogP contribution is 2.70. The number of benzene rings is 1. The van der Waals surface area contributed by atoms with E-state index in [1.54, 1.807) is 21.1 Å². The van der Waals surface area contributed by atoms with E-state index < -0.39 is 5.41 Å². The molecule has 112 valence electrons. The summed E-state index contributed by atoms with van der Waals surface area (Å²) in [7, 11) is 3.37. The molecular weight excluding hydrogens is 264 g/mol. The molecule has 2 atom stereocenters. The molecule has 0 heterocycles. The second kappa shape index (κ2) is 4.62. The first-order valence-corrected chi connectivity index (χ1v) is 7.41. The smallest absolute Gasteiger partial charge is 0.141 e. The zero-order valence-electron chi connectivity index (χ0n) is 13.2. The maximum atomic E-state index is 12.6. The SMILES string of the molecule is C=C(C)C1(C(C)=O)[C@@H]2CC[C@@H]1c1c(OC)ccc(OC)c12. The molecule has 1 aromatic rings. The summed E-state index contributed by atoms with van der Waals surface area (Å²) in [6.07, 6.45) is 2.02. The van der Waals surface area contributed by atoms with Crippen LogP contribution in [-0.2, 0) is 4.79 Å². The first-order chi connectivity index (χ1) is 9.99. The van der Waals surface area contributed by atoms with Gasteiger partial charge in [0.25, 0.3) is 0 Å². The lowest BCUT2D eigenvalue weighted by Crippen LogP contribution is -2.33. The van der Waals surface area contributed by atoms with Crippen molar-refractivity contribution in [3.05, 3.63) is 35.4 Å². The molecule has 0 N–H and O–H groups in total. The summed E-state index contributed by atoms with van der Waals surface area (Å²) in [5.74, 6) is 2.27. The van der Waals surface area contributed by atoms with Gasteiger partial charge in [-0.2, -0.15) is 0 Å². The Balaban J connectivity index is 2.32. The van der Waals surface area contributed by atoms with E-state index in [9.17, 15) is 4.79 Å². The molecular formula is C18H22O3. The molecule has 3 heteroatoms. The first-order valence-electron chi connectivity index (χ1n) is 7.41. The number of fused-ring (bicyclic) bond motifs is 5. The number of hydrogen-bond acceptors (Lipinski definition) is 3. The van der Waals surface area contributed by atoms with Crippen LogP contribution in [0.1, 0.15) is 49.7 Å². The van der Waals surface area contributed by atoms with Gasteiger partial charge < -0.3 is 9.47 Å². The van der Waals surface area contributed by atoms with Gasteiger partial charge in [0.15, 0.2) is 0 Å². The lowest BCUT2D eigenvalue weighted by molar-refractivity contribution is -0.125. The van der Waals surface area contributed by atoms with Gasteiger partial charge in [0.2, 0.25) is 0 Å². The molecule has 0 radical (unpaired) electrons. The summed E-state index contributed by atoms with van der Waals surface area (Å²) < 4.78 is 11.1. The average molecular weight is 286 g/mol. The Morgan fingerprint density at radius 3 is 1.81 bits per heavy atom. The number of Topliss-reactive ketones (excluding diaryl/α,β-unsaturated/α-hetero) is 1. The quantitative estimate of drug-likeness (QED) is 0.789. The number of hydrogen-bond donors (Lipinski definition) is 0. The second-order valence-electron chi connectivity index (χ2n) is 6.19. The van der Waals surface area contributed by atoms with Crippen molar-refractivity contribution in [1.82, 2.24) is 0 Å². The minimum Gasteiger partial charge on any atom is -0.496 e. The molecule has 1 aromatic carbocycles. The Morgan fingerprint density at radius 2 is 1.52 bits per heavy atom. The molecule has 2 bridgehead atoms. The predicted molar refractivity (Wildman–Crippen MR) is 82.2 cm³/mol. The molecule has 0 unspecified atom stereocenters. The van der Waals surface area contributed by atoms with Gasteiger partial charge in [-0.25, -0.2) is 0 Å². The van der Waals surface area contributed by atoms with Gasteiger partial charge in [-0.3, -0.25) is 4.79 Å². The van der Waals surface area contributed by atoms with Crippen LogP contribution in [0.15, 0.2) is 24.3 Å². The maximum Gasteiger partial charge on any atom is 0.141 e. The van der Waals surface area contributed by atoms with Crippen LogP contribution in [-0.4, -0.2) is 20.0 Å². The summed E-state index contributed by atoms with van der Waals surface area (Å²) in [6.45, 7) is 7.85. The normalized spacial score (nSPS) is 29.1. The topological polar surface area (TPSA) is 35.5 Å². The largest absolute Gasteiger partial charge is 0.496 e. The Labute approximate surface area is 125 Å². The molecule has 1 saturated carbocycles. The third-order valence-corrected chi connectivity index (χ3v) is 5.48. The van der Waals surface area contributed by atoms with Gasteiger partial charge in [-0.1, -0.05) is 12.2 Å². The van der Waals surface area contributed by atoms with Crippen LogP contribution in [0.25, 0.3) is 0 Å².